The maximum atomic E-state index is 5.70. The fourth-order valence-electron chi connectivity index (χ4n) is 3.08. The molecule has 25 heavy (non-hydrogen) atoms. The van der Waals surface area contributed by atoms with Crippen molar-refractivity contribution in [3.05, 3.63) is 107 Å². The third kappa shape index (κ3) is 4.07. The molecule has 0 unspecified atom stereocenters. The van der Waals surface area contributed by atoms with Gasteiger partial charge < -0.3 is 5.73 Å². The van der Waals surface area contributed by atoms with Gasteiger partial charge in [-0.15, -0.1) is 0 Å². The largest absolute Gasteiger partial charge is 0.405 e. The van der Waals surface area contributed by atoms with Gasteiger partial charge in [0.05, 0.1) is 0 Å². The molecule has 0 aromatic heterocycles. The van der Waals surface area contributed by atoms with Crippen molar-refractivity contribution in [2.45, 2.75) is 13.3 Å². The molecule has 0 saturated heterocycles. The number of nitrogens with two attached hydrogens (primary N) is 1. The van der Waals surface area contributed by atoms with Crippen LogP contribution in [0.4, 0.5) is 0 Å². The smallest absolute Gasteiger partial charge is 0.00198 e. The van der Waals surface area contributed by atoms with Crippen LogP contribution in [0.2, 0.25) is 0 Å². The standard InChI is InChI=1S/C24H23N/c1-2-8-20-11-6-7-12-24(20)23-14-13-21(22(18-23)15-16-25)17-19-9-4-3-5-10-19/h2-16,18H,17,25H2,1H3/b8-2+,16-15-. The van der Waals surface area contributed by atoms with Crippen LogP contribution in [0.5, 0.6) is 0 Å². The molecule has 0 saturated carbocycles. The van der Waals surface area contributed by atoms with E-state index < -0.39 is 0 Å². The number of hydrogen-bond acceptors (Lipinski definition) is 1. The molecule has 124 valence electrons. The van der Waals surface area contributed by atoms with Crippen LogP contribution in [-0.4, -0.2) is 0 Å². The van der Waals surface area contributed by atoms with Crippen molar-refractivity contribution in [3.63, 3.8) is 0 Å². The third-order valence-electron chi connectivity index (χ3n) is 4.28. The Kier molecular flexibility index (Phi) is 5.48. The zero-order valence-electron chi connectivity index (χ0n) is 14.5. The van der Waals surface area contributed by atoms with Gasteiger partial charge in [-0.05, 0) is 65.1 Å². The molecular weight excluding hydrogens is 302 g/mol. The van der Waals surface area contributed by atoms with E-state index in [0.29, 0.717) is 0 Å². The van der Waals surface area contributed by atoms with Crippen LogP contribution >= 0.6 is 0 Å². The fraction of sp³-hybridized carbons (Fsp3) is 0.0833. The summed E-state index contributed by atoms with van der Waals surface area (Å²) in [5, 5.41) is 0. The van der Waals surface area contributed by atoms with Gasteiger partial charge in [0.25, 0.3) is 0 Å². The molecule has 3 aromatic carbocycles. The summed E-state index contributed by atoms with van der Waals surface area (Å²) in [5.74, 6) is 0. The predicted molar refractivity (Wildman–Crippen MR) is 109 cm³/mol. The molecule has 0 aliphatic heterocycles. The van der Waals surface area contributed by atoms with Gasteiger partial charge in [0, 0.05) is 0 Å². The quantitative estimate of drug-likeness (QED) is 0.620. The Hall–Kier alpha value is -3.06. The van der Waals surface area contributed by atoms with E-state index in [1.54, 1.807) is 6.20 Å². The zero-order valence-corrected chi connectivity index (χ0v) is 14.5. The Bertz CT molecular complexity index is 889. The highest BCUT2D eigenvalue weighted by atomic mass is 14.5. The minimum Gasteiger partial charge on any atom is -0.405 e. The van der Waals surface area contributed by atoms with Gasteiger partial charge >= 0.3 is 0 Å². The van der Waals surface area contributed by atoms with Gasteiger partial charge in [-0.2, -0.15) is 0 Å². The number of hydrogen-bond donors (Lipinski definition) is 1. The Morgan fingerprint density at radius 3 is 2.32 bits per heavy atom. The molecule has 0 amide bonds. The molecule has 0 spiro atoms. The molecule has 3 rings (SSSR count). The Morgan fingerprint density at radius 1 is 0.800 bits per heavy atom. The third-order valence-corrected chi connectivity index (χ3v) is 4.28. The SMILES string of the molecule is C/C=C/c1ccccc1-c1ccc(Cc2ccccc2)c(/C=C\N)c1. The lowest BCUT2D eigenvalue weighted by Gasteiger charge is -2.12. The van der Waals surface area contributed by atoms with Crippen LogP contribution in [0, 0.1) is 0 Å². The summed E-state index contributed by atoms with van der Waals surface area (Å²) in [6, 6.07) is 25.6. The van der Waals surface area contributed by atoms with Crippen molar-refractivity contribution >= 4 is 12.2 Å². The number of rotatable bonds is 5. The first-order valence-electron chi connectivity index (χ1n) is 8.59. The summed E-state index contributed by atoms with van der Waals surface area (Å²) in [5.41, 5.74) is 13.1. The summed E-state index contributed by atoms with van der Waals surface area (Å²) in [4.78, 5) is 0. The molecule has 0 radical (unpaired) electrons. The van der Waals surface area contributed by atoms with E-state index in [2.05, 4.69) is 78.9 Å². The molecule has 3 aromatic rings. The lowest BCUT2D eigenvalue weighted by molar-refractivity contribution is 1.18. The van der Waals surface area contributed by atoms with Crippen LogP contribution in [0.25, 0.3) is 23.3 Å². The topological polar surface area (TPSA) is 26.0 Å². The molecule has 0 fully saturated rings. The second-order valence-electron chi connectivity index (χ2n) is 6.02. The summed E-state index contributed by atoms with van der Waals surface area (Å²) in [6.07, 6.45) is 8.72. The van der Waals surface area contributed by atoms with E-state index >= 15 is 0 Å². The average Bonchev–Trinajstić information content (AvgIpc) is 2.65. The van der Waals surface area contributed by atoms with E-state index in [4.69, 9.17) is 5.73 Å². The van der Waals surface area contributed by atoms with E-state index in [-0.39, 0.29) is 0 Å². The van der Waals surface area contributed by atoms with Crippen molar-refractivity contribution < 1.29 is 0 Å². The van der Waals surface area contributed by atoms with Gasteiger partial charge in [0.2, 0.25) is 0 Å². The first kappa shape index (κ1) is 16.8. The maximum absolute atomic E-state index is 5.70. The highest BCUT2D eigenvalue weighted by Crippen LogP contribution is 2.28. The second kappa shape index (κ2) is 8.16. The minimum atomic E-state index is 0.900. The molecule has 1 heteroatoms. The van der Waals surface area contributed by atoms with Gasteiger partial charge in [-0.25, -0.2) is 0 Å². The van der Waals surface area contributed by atoms with E-state index in [9.17, 15) is 0 Å². The first-order valence-corrected chi connectivity index (χ1v) is 8.59. The Morgan fingerprint density at radius 2 is 1.56 bits per heavy atom. The molecule has 0 bridgehead atoms. The summed E-state index contributed by atoms with van der Waals surface area (Å²) < 4.78 is 0. The van der Waals surface area contributed by atoms with Crippen molar-refractivity contribution in [1.82, 2.24) is 0 Å². The summed E-state index contributed by atoms with van der Waals surface area (Å²) in [6.45, 7) is 2.04. The molecule has 0 heterocycles. The maximum Gasteiger partial charge on any atom is -0.00198 e. The molecular formula is C24H23N. The Labute approximate surface area is 150 Å². The monoisotopic (exact) mass is 325 g/mol. The van der Waals surface area contributed by atoms with Crippen LogP contribution in [0.3, 0.4) is 0 Å². The molecule has 0 atom stereocenters. The minimum absolute atomic E-state index is 0.900. The van der Waals surface area contributed by atoms with Gasteiger partial charge in [-0.1, -0.05) is 78.9 Å². The second-order valence-corrected chi connectivity index (χ2v) is 6.02. The van der Waals surface area contributed by atoms with Crippen LogP contribution in [-0.2, 0) is 6.42 Å². The molecule has 1 nitrogen and oxygen atoms in total. The van der Waals surface area contributed by atoms with Crippen LogP contribution in [0.15, 0.2) is 85.1 Å². The van der Waals surface area contributed by atoms with Crippen LogP contribution in [0.1, 0.15) is 29.2 Å². The summed E-state index contributed by atoms with van der Waals surface area (Å²) >= 11 is 0. The van der Waals surface area contributed by atoms with Crippen molar-refractivity contribution in [2.75, 3.05) is 0 Å². The fourth-order valence-corrected chi connectivity index (χ4v) is 3.08. The van der Waals surface area contributed by atoms with E-state index in [1.165, 1.54) is 33.4 Å². The molecule has 2 N–H and O–H groups in total. The molecule has 0 aliphatic carbocycles. The van der Waals surface area contributed by atoms with E-state index in [1.807, 2.05) is 19.1 Å². The highest BCUT2D eigenvalue weighted by Gasteiger charge is 2.07. The normalized spacial score (nSPS) is 11.4. The zero-order chi connectivity index (χ0) is 17.5. The average molecular weight is 325 g/mol. The van der Waals surface area contributed by atoms with Crippen molar-refractivity contribution in [1.29, 1.82) is 0 Å². The lowest BCUT2D eigenvalue weighted by atomic mass is 9.93. The van der Waals surface area contributed by atoms with Gasteiger partial charge in [-0.3, -0.25) is 0 Å². The van der Waals surface area contributed by atoms with Crippen LogP contribution < -0.4 is 5.73 Å². The predicted octanol–water partition coefficient (Wildman–Crippen LogP) is 5.91. The van der Waals surface area contributed by atoms with Gasteiger partial charge in [0.1, 0.15) is 0 Å². The summed E-state index contributed by atoms with van der Waals surface area (Å²) in [7, 11) is 0. The lowest BCUT2D eigenvalue weighted by Crippen LogP contribution is -1.94. The van der Waals surface area contributed by atoms with Gasteiger partial charge in [0.15, 0.2) is 0 Å². The Balaban J connectivity index is 2.03. The number of allylic oxidation sites excluding steroid dienone is 1. The first-order chi connectivity index (χ1) is 12.3. The highest BCUT2D eigenvalue weighted by molar-refractivity contribution is 5.77. The number of benzene rings is 3. The molecule has 0 aliphatic rings. The van der Waals surface area contributed by atoms with Crippen molar-refractivity contribution in [2.24, 2.45) is 5.73 Å². The van der Waals surface area contributed by atoms with E-state index in [0.717, 1.165) is 6.42 Å². The van der Waals surface area contributed by atoms with Crippen molar-refractivity contribution in [3.8, 4) is 11.1 Å².